The lowest BCUT2D eigenvalue weighted by molar-refractivity contribution is -0.124. The van der Waals surface area contributed by atoms with Crippen LogP contribution in [0.3, 0.4) is 0 Å². The highest BCUT2D eigenvalue weighted by molar-refractivity contribution is 5.84. The molecular formula is C13H27N3O2. The van der Waals surface area contributed by atoms with Crippen LogP contribution in [0.4, 0.5) is 0 Å². The Morgan fingerprint density at radius 3 is 2.78 bits per heavy atom. The summed E-state index contributed by atoms with van der Waals surface area (Å²) >= 11 is 0. The van der Waals surface area contributed by atoms with Gasteiger partial charge in [0.25, 0.3) is 0 Å². The van der Waals surface area contributed by atoms with Gasteiger partial charge in [0.2, 0.25) is 5.91 Å². The van der Waals surface area contributed by atoms with E-state index in [0.29, 0.717) is 12.5 Å². The Morgan fingerprint density at radius 2 is 2.33 bits per heavy atom. The second-order valence-corrected chi connectivity index (χ2v) is 5.57. The molecule has 106 valence electrons. The molecule has 1 fully saturated rings. The first-order valence-corrected chi connectivity index (χ1v) is 6.69. The van der Waals surface area contributed by atoms with E-state index in [-0.39, 0.29) is 11.9 Å². The van der Waals surface area contributed by atoms with E-state index in [4.69, 9.17) is 10.5 Å². The van der Waals surface area contributed by atoms with E-state index >= 15 is 0 Å². The molecule has 1 amide bonds. The lowest BCUT2D eigenvalue weighted by atomic mass is 9.92. The number of nitrogens with zero attached hydrogens (tertiary/aromatic N) is 1. The Hall–Kier alpha value is -0.650. The van der Waals surface area contributed by atoms with Crippen LogP contribution in [0.1, 0.15) is 33.1 Å². The van der Waals surface area contributed by atoms with Gasteiger partial charge in [-0.1, -0.05) is 0 Å². The fourth-order valence-corrected chi connectivity index (χ4v) is 2.36. The molecule has 0 aromatic rings. The molecule has 0 aromatic carbocycles. The Kier molecular flexibility index (Phi) is 5.56. The minimum atomic E-state index is -0.649. The van der Waals surface area contributed by atoms with E-state index < -0.39 is 5.54 Å². The molecule has 0 saturated carbocycles. The molecule has 0 aliphatic carbocycles. The Labute approximate surface area is 110 Å². The van der Waals surface area contributed by atoms with Crippen molar-refractivity contribution in [2.24, 2.45) is 5.73 Å². The van der Waals surface area contributed by atoms with Crippen molar-refractivity contribution in [3.63, 3.8) is 0 Å². The van der Waals surface area contributed by atoms with E-state index in [9.17, 15) is 4.79 Å². The maximum atomic E-state index is 11.5. The predicted octanol–water partition coefficient (Wildman–Crippen LogP) is 0.339. The minimum Gasteiger partial charge on any atom is -0.377 e. The molecule has 0 bridgehead atoms. The van der Waals surface area contributed by atoms with Gasteiger partial charge < -0.3 is 20.7 Å². The van der Waals surface area contributed by atoms with Crippen molar-refractivity contribution in [1.29, 1.82) is 0 Å². The van der Waals surface area contributed by atoms with Gasteiger partial charge in [-0.05, 0) is 47.2 Å². The molecule has 5 nitrogen and oxygen atoms in total. The summed E-state index contributed by atoms with van der Waals surface area (Å²) in [5.41, 5.74) is 4.80. The van der Waals surface area contributed by atoms with Gasteiger partial charge in [0, 0.05) is 19.2 Å². The first kappa shape index (κ1) is 15.4. The van der Waals surface area contributed by atoms with Crippen molar-refractivity contribution in [1.82, 2.24) is 10.2 Å². The number of ether oxygens (including phenoxy) is 1. The largest absolute Gasteiger partial charge is 0.377 e. The molecule has 1 aliphatic heterocycles. The summed E-state index contributed by atoms with van der Waals surface area (Å²) in [6.07, 6.45) is 3.33. The lowest BCUT2D eigenvalue weighted by Gasteiger charge is -2.34. The lowest BCUT2D eigenvalue weighted by Crippen LogP contribution is -2.55. The van der Waals surface area contributed by atoms with Crippen molar-refractivity contribution < 1.29 is 9.53 Å². The van der Waals surface area contributed by atoms with Crippen molar-refractivity contribution in [2.45, 2.75) is 50.8 Å². The van der Waals surface area contributed by atoms with Crippen molar-refractivity contribution in [3.8, 4) is 0 Å². The third kappa shape index (κ3) is 3.93. The molecule has 1 heterocycles. The van der Waals surface area contributed by atoms with Crippen LogP contribution in [0.15, 0.2) is 0 Å². The monoisotopic (exact) mass is 257 g/mol. The van der Waals surface area contributed by atoms with Crippen LogP contribution in [-0.2, 0) is 9.53 Å². The second-order valence-electron chi connectivity index (χ2n) is 5.57. The molecule has 0 radical (unpaired) electrons. The van der Waals surface area contributed by atoms with E-state index in [1.165, 1.54) is 0 Å². The number of nitrogens with one attached hydrogen (secondary N) is 1. The minimum absolute atomic E-state index is 0.277. The summed E-state index contributed by atoms with van der Waals surface area (Å²) in [6, 6.07) is 0.277. The topological polar surface area (TPSA) is 67.6 Å². The second kappa shape index (κ2) is 6.50. The first-order chi connectivity index (χ1) is 8.39. The molecule has 1 aliphatic rings. The Bertz CT molecular complexity index is 279. The third-order valence-corrected chi connectivity index (χ3v) is 4.07. The van der Waals surface area contributed by atoms with E-state index in [1.54, 1.807) is 7.05 Å². The number of hydrogen-bond donors (Lipinski definition) is 2. The highest BCUT2D eigenvalue weighted by Gasteiger charge is 2.32. The van der Waals surface area contributed by atoms with E-state index in [2.05, 4.69) is 24.2 Å². The quantitative estimate of drug-likeness (QED) is 0.690. The molecule has 5 heteroatoms. The summed E-state index contributed by atoms with van der Waals surface area (Å²) in [5.74, 6) is -0.303. The van der Waals surface area contributed by atoms with Gasteiger partial charge in [-0.3, -0.25) is 4.79 Å². The number of carbonyl (C=O) groups excluding carboxylic acids is 1. The first-order valence-electron chi connectivity index (χ1n) is 6.69. The summed E-state index contributed by atoms with van der Waals surface area (Å²) in [4.78, 5) is 13.7. The fourth-order valence-electron chi connectivity index (χ4n) is 2.36. The van der Waals surface area contributed by atoms with Gasteiger partial charge in [0.15, 0.2) is 0 Å². The van der Waals surface area contributed by atoms with E-state index in [0.717, 1.165) is 26.0 Å². The normalized spacial score (nSPS) is 25.1. The molecule has 3 atom stereocenters. The number of rotatable bonds is 7. The smallest absolute Gasteiger partial charge is 0.237 e. The van der Waals surface area contributed by atoms with Gasteiger partial charge in [-0.15, -0.1) is 0 Å². The van der Waals surface area contributed by atoms with Crippen LogP contribution < -0.4 is 11.1 Å². The average Bonchev–Trinajstić information content (AvgIpc) is 2.81. The Morgan fingerprint density at radius 1 is 1.67 bits per heavy atom. The standard InChI is InChI=1S/C13H27N3O2/c1-10(8-13(2,15-3)12(14)17)16(4)9-11-6-5-7-18-11/h10-11,15H,5-9H2,1-4H3,(H2,14,17). The van der Waals surface area contributed by atoms with Crippen molar-refractivity contribution >= 4 is 5.91 Å². The zero-order chi connectivity index (χ0) is 13.8. The maximum absolute atomic E-state index is 11.5. The number of amides is 1. The maximum Gasteiger partial charge on any atom is 0.237 e. The summed E-state index contributed by atoms with van der Waals surface area (Å²) in [7, 11) is 3.85. The fraction of sp³-hybridized carbons (Fsp3) is 0.923. The van der Waals surface area contributed by atoms with Gasteiger partial charge in [0.05, 0.1) is 11.6 Å². The predicted molar refractivity (Wildman–Crippen MR) is 72.3 cm³/mol. The van der Waals surface area contributed by atoms with E-state index in [1.807, 2.05) is 6.92 Å². The molecule has 1 rings (SSSR count). The number of primary amides is 1. The highest BCUT2D eigenvalue weighted by Crippen LogP contribution is 2.18. The zero-order valence-electron chi connectivity index (χ0n) is 12.0. The van der Waals surface area contributed by atoms with Gasteiger partial charge in [-0.25, -0.2) is 0 Å². The van der Waals surface area contributed by atoms with Crippen LogP contribution in [-0.4, -0.2) is 55.7 Å². The molecule has 0 spiro atoms. The van der Waals surface area contributed by atoms with Crippen LogP contribution in [0.2, 0.25) is 0 Å². The highest BCUT2D eigenvalue weighted by atomic mass is 16.5. The summed E-state index contributed by atoms with van der Waals surface area (Å²) in [6.45, 7) is 5.77. The van der Waals surface area contributed by atoms with Gasteiger partial charge >= 0.3 is 0 Å². The third-order valence-electron chi connectivity index (χ3n) is 4.07. The van der Waals surface area contributed by atoms with Crippen molar-refractivity contribution in [2.75, 3.05) is 27.2 Å². The summed E-state index contributed by atoms with van der Waals surface area (Å²) in [5, 5.41) is 3.02. The molecule has 1 saturated heterocycles. The number of likely N-dealkylation sites (N-methyl/N-ethyl adjacent to an activating group) is 2. The molecule has 3 N–H and O–H groups in total. The van der Waals surface area contributed by atoms with Crippen LogP contribution >= 0.6 is 0 Å². The molecule has 0 aromatic heterocycles. The average molecular weight is 257 g/mol. The van der Waals surface area contributed by atoms with Gasteiger partial charge in [0.1, 0.15) is 0 Å². The molecule has 18 heavy (non-hydrogen) atoms. The number of nitrogens with two attached hydrogens (primary N) is 1. The number of hydrogen-bond acceptors (Lipinski definition) is 4. The summed E-state index contributed by atoms with van der Waals surface area (Å²) < 4.78 is 5.63. The van der Waals surface area contributed by atoms with Crippen LogP contribution in [0.25, 0.3) is 0 Å². The number of carbonyl (C=O) groups is 1. The van der Waals surface area contributed by atoms with Gasteiger partial charge in [-0.2, -0.15) is 0 Å². The van der Waals surface area contributed by atoms with Crippen LogP contribution in [0, 0.1) is 0 Å². The SMILES string of the molecule is CNC(C)(CC(C)N(C)CC1CCCO1)C(N)=O. The van der Waals surface area contributed by atoms with Crippen molar-refractivity contribution in [3.05, 3.63) is 0 Å². The molecular weight excluding hydrogens is 230 g/mol. The van der Waals surface area contributed by atoms with Crippen LogP contribution in [0.5, 0.6) is 0 Å². The molecule has 3 unspecified atom stereocenters. The Balaban J connectivity index is 2.47. The zero-order valence-corrected chi connectivity index (χ0v) is 12.0.